The first-order valence-electron chi connectivity index (χ1n) is 15.3. The summed E-state index contributed by atoms with van der Waals surface area (Å²) in [6, 6.07) is 46.8. The molecule has 216 valence electrons. The summed E-state index contributed by atoms with van der Waals surface area (Å²) in [6.07, 6.45) is 9.88. The maximum Gasteiger partial charge on any atom is 0.0973 e. The number of nitrogens with zero attached hydrogens (tertiary/aromatic N) is 2. The van der Waals surface area contributed by atoms with Gasteiger partial charge < -0.3 is 0 Å². The minimum absolute atomic E-state index is 0.827. The third-order valence-corrected chi connectivity index (χ3v) is 9.70. The van der Waals surface area contributed by atoms with E-state index in [-0.39, 0.29) is 0 Å². The molecule has 0 spiro atoms. The van der Waals surface area contributed by atoms with E-state index in [0.29, 0.717) is 0 Å². The zero-order valence-corrected chi connectivity index (χ0v) is 26.1. The number of thiophene rings is 1. The monoisotopic (exact) mass is 604 g/mol. The van der Waals surface area contributed by atoms with Crippen LogP contribution in [0.5, 0.6) is 0 Å². The number of fused-ring (bicyclic) bond motifs is 4. The molecule has 0 saturated carbocycles. The Labute approximate surface area is 272 Å². The van der Waals surface area contributed by atoms with Gasteiger partial charge in [-0.05, 0) is 53.4 Å². The molecule has 0 amide bonds. The Morgan fingerprint density at radius 3 is 2.09 bits per heavy atom. The van der Waals surface area contributed by atoms with Gasteiger partial charge in [-0.25, -0.2) is 9.97 Å². The molecule has 0 atom stereocenters. The second kappa shape index (κ2) is 11.6. The maximum atomic E-state index is 5.83. The highest BCUT2D eigenvalue weighted by atomic mass is 32.1. The Kier molecular flexibility index (Phi) is 6.99. The lowest BCUT2D eigenvalue weighted by Crippen LogP contribution is -1.98. The van der Waals surface area contributed by atoms with Crippen LogP contribution in [-0.2, 0) is 0 Å². The number of hydrogen-bond donors (Lipinski definition) is 0. The van der Waals surface area contributed by atoms with Crippen molar-refractivity contribution in [1.29, 1.82) is 0 Å². The molecule has 2 heterocycles. The second-order valence-electron chi connectivity index (χ2n) is 11.3. The zero-order valence-electron chi connectivity index (χ0n) is 25.2. The number of rotatable bonds is 5. The van der Waals surface area contributed by atoms with Crippen LogP contribution in [0.2, 0.25) is 0 Å². The Balaban J connectivity index is 1.28. The summed E-state index contributed by atoms with van der Waals surface area (Å²) in [5.41, 5.74) is 11.8. The minimum atomic E-state index is 0.827. The van der Waals surface area contributed by atoms with Crippen molar-refractivity contribution in [2.75, 3.05) is 0 Å². The average Bonchev–Trinajstić information content (AvgIpc) is 3.50. The van der Waals surface area contributed by atoms with Gasteiger partial charge in [0, 0.05) is 42.4 Å². The van der Waals surface area contributed by atoms with Gasteiger partial charge in [0.25, 0.3) is 0 Å². The largest absolute Gasteiger partial charge is 0.244 e. The van der Waals surface area contributed by atoms with Crippen molar-refractivity contribution in [1.82, 2.24) is 9.97 Å². The first-order valence-corrected chi connectivity index (χ1v) is 16.1. The molecule has 0 aliphatic heterocycles. The van der Waals surface area contributed by atoms with Gasteiger partial charge in [0.05, 0.1) is 22.4 Å². The van der Waals surface area contributed by atoms with Gasteiger partial charge in [0.15, 0.2) is 0 Å². The number of terminal acetylenes is 1. The molecule has 0 bridgehead atoms. The van der Waals surface area contributed by atoms with Gasteiger partial charge in [-0.15, -0.1) is 17.8 Å². The van der Waals surface area contributed by atoms with Crippen molar-refractivity contribution in [3.63, 3.8) is 0 Å². The molecule has 6 aromatic carbocycles. The summed E-state index contributed by atoms with van der Waals surface area (Å²) in [4.78, 5) is 10.6. The van der Waals surface area contributed by atoms with Gasteiger partial charge >= 0.3 is 0 Å². The first kappa shape index (κ1) is 27.7. The average molecular weight is 605 g/mol. The van der Waals surface area contributed by atoms with Crippen LogP contribution in [0, 0.1) is 12.3 Å². The van der Waals surface area contributed by atoms with Crippen LogP contribution in [0.25, 0.3) is 82.1 Å². The van der Waals surface area contributed by atoms with E-state index in [4.69, 9.17) is 16.4 Å². The topological polar surface area (TPSA) is 25.8 Å². The number of para-hydroxylation sites is 1. The van der Waals surface area contributed by atoms with Crippen molar-refractivity contribution in [3.8, 4) is 57.1 Å². The highest BCUT2D eigenvalue weighted by Crippen LogP contribution is 2.41. The smallest absolute Gasteiger partial charge is 0.0973 e. The van der Waals surface area contributed by atoms with Crippen molar-refractivity contribution in [2.24, 2.45) is 0 Å². The van der Waals surface area contributed by atoms with E-state index in [1.54, 1.807) is 0 Å². The molecule has 8 aromatic rings. The number of benzene rings is 6. The third kappa shape index (κ3) is 4.77. The Morgan fingerprint density at radius 2 is 1.28 bits per heavy atom. The Morgan fingerprint density at radius 1 is 0.609 bits per heavy atom. The van der Waals surface area contributed by atoms with Crippen LogP contribution in [0.15, 0.2) is 140 Å². The van der Waals surface area contributed by atoms with Gasteiger partial charge in [0.1, 0.15) is 0 Å². The lowest BCUT2D eigenvalue weighted by molar-refractivity contribution is 1.29. The van der Waals surface area contributed by atoms with Crippen molar-refractivity contribution >= 4 is 48.6 Å². The third-order valence-electron chi connectivity index (χ3n) is 8.48. The number of allylic oxidation sites excluding steroid dienone is 1. The van der Waals surface area contributed by atoms with Crippen LogP contribution < -0.4 is 0 Å². The van der Waals surface area contributed by atoms with Crippen LogP contribution in [0.1, 0.15) is 18.1 Å². The van der Waals surface area contributed by atoms with Gasteiger partial charge in [-0.1, -0.05) is 127 Å². The molecule has 3 heteroatoms. The molecular weight excluding hydrogens is 577 g/mol. The van der Waals surface area contributed by atoms with E-state index in [9.17, 15) is 0 Å². The van der Waals surface area contributed by atoms with E-state index >= 15 is 0 Å². The van der Waals surface area contributed by atoms with E-state index in [0.717, 1.165) is 55.8 Å². The minimum Gasteiger partial charge on any atom is -0.244 e. The van der Waals surface area contributed by atoms with Crippen LogP contribution >= 0.6 is 11.3 Å². The molecule has 0 aliphatic rings. The zero-order chi connectivity index (χ0) is 31.0. The molecule has 46 heavy (non-hydrogen) atoms. The van der Waals surface area contributed by atoms with Gasteiger partial charge in [-0.3, -0.25) is 0 Å². The standard InChI is InChI=1S/C43H28N2S/c1-3-12-32-27-33(26-21-28(32)4-2)41-40(31-13-6-5-7-14-31)44-38-19-11-16-34(42(38)45-41)29-22-24-30(25-23-29)35-17-10-18-37-36-15-8-9-20-39(36)46-43(35)37/h2-3,5-27H,1H3/b12-3-. The maximum absolute atomic E-state index is 5.83. The molecule has 2 nitrogen and oxygen atoms in total. The van der Waals surface area contributed by atoms with Gasteiger partial charge in [-0.2, -0.15) is 0 Å². The quantitative estimate of drug-likeness (QED) is 0.183. The molecule has 0 aliphatic carbocycles. The Bertz CT molecular complexity index is 2480. The van der Waals surface area contributed by atoms with Crippen molar-refractivity contribution in [3.05, 3.63) is 151 Å². The summed E-state index contributed by atoms with van der Waals surface area (Å²) >= 11 is 1.86. The number of hydrogen-bond acceptors (Lipinski definition) is 3. The second-order valence-corrected chi connectivity index (χ2v) is 12.3. The molecule has 0 radical (unpaired) electrons. The van der Waals surface area contributed by atoms with E-state index in [2.05, 4.69) is 109 Å². The van der Waals surface area contributed by atoms with Crippen molar-refractivity contribution in [2.45, 2.75) is 6.92 Å². The summed E-state index contributed by atoms with van der Waals surface area (Å²) in [6.45, 7) is 2.00. The molecule has 0 unspecified atom stereocenters. The Hall–Kier alpha value is -5.82. The van der Waals surface area contributed by atoms with Crippen molar-refractivity contribution < 1.29 is 0 Å². The number of aromatic nitrogens is 2. The lowest BCUT2D eigenvalue weighted by atomic mass is 9.96. The molecule has 8 rings (SSSR count). The molecule has 0 saturated heterocycles. The highest BCUT2D eigenvalue weighted by molar-refractivity contribution is 7.26. The fourth-order valence-corrected chi connectivity index (χ4v) is 7.51. The normalized spacial score (nSPS) is 11.5. The summed E-state index contributed by atoms with van der Waals surface area (Å²) < 4.78 is 2.63. The van der Waals surface area contributed by atoms with E-state index in [1.165, 1.54) is 31.3 Å². The molecule has 0 N–H and O–H groups in total. The molecule has 2 aromatic heterocycles. The van der Waals surface area contributed by atoms with Crippen LogP contribution in [-0.4, -0.2) is 9.97 Å². The van der Waals surface area contributed by atoms with E-state index < -0.39 is 0 Å². The van der Waals surface area contributed by atoms with E-state index in [1.807, 2.05) is 60.7 Å². The lowest BCUT2D eigenvalue weighted by Gasteiger charge is -2.14. The SMILES string of the molecule is C#Cc1ccc(-c2nc3c(-c4ccc(-c5cccc6c5sc5ccccc56)cc4)cccc3nc2-c2ccccc2)cc1/C=C\C. The summed E-state index contributed by atoms with van der Waals surface area (Å²) in [5.74, 6) is 2.81. The van der Waals surface area contributed by atoms with Crippen LogP contribution in [0.3, 0.4) is 0 Å². The molecular formula is C43H28N2S. The predicted molar refractivity (Wildman–Crippen MR) is 197 cm³/mol. The fraction of sp³-hybridized carbons (Fsp3) is 0.0233. The summed E-state index contributed by atoms with van der Waals surface area (Å²) in [5, 5.41) is 2.62. The molecule has 0 fully saturated rings. The first-order chi connectivity index (χ1) is 22.7. The highest BCUT2D eigenvalue weighted by Gasteiger charge is 2.17. The van der Waals surface area contributed by atoms with Gasteiger partial charge in [0.2, 0.25) is 0 Å². The predicted octanol–water partition coefficient (Wildman–Crippen LogP) is 11.7. The summed E-state index contributed by atoms with van der Waals surface area (Å²) in [7, 11) is 0. The van der Waals surface area contributed by atoms with Crippen LogP contribution in [0.4, 0.5) is 0 Å². The fourth-order valence-electron chi connectivity index (χ4n) is 6.27.